The minimum Gasteiger partial charge on any atom is -0.468 e. The zero-order valence-corrected chi connectivity index (χ0v) is 19.6. The smallest absolute Gasteiger partial charge is 0.408 e. The molecule has 3 amide bonds. The van der Waals surface area contributed by atoms with Gasteiger partial charge >= 0.3 is 12.1 Å². The Labute approximate surface area is 188 Å². The Balaban J connectivity index is 3.18. The average Bonchev–Trinajstić information content (AvgIpc) is 2.70. The van der Waals surface area contributed by atoms with Crippen LogP contribution < -0.4 is 10.6 Å². The molecule has 2 atom stereocenters. The van der Waals surface area contributed by atoms with Gasteiger partial charge in [-0.1, -0.05) is 18.2 Å². The first-order chi connectivity index (χ1) is 14.8. The van der Waals surface area contributed by atoms with Gasteiger partial charge in [-0.3, -0.25) is 14.4 Å². The van der Waals surface area contributed by atoms with Crippen molar-refractivity contribution in [1.82, 2.24) is 15.5 Å². The number of carbonyl (C=O) groups excluding carboxylic acids is 4. The molecule has 0 spiro atoms. The van der Waals surface area contributed by atoms with Crippen LogP contribution in [-0.4, -0.2) is 72.8 Å². The summed E-state index contributed by atoms with van der Waals surface area (Å²) in [6.07, 6.45) is -0.879. The summed E-state index contributed by atoms with van der Waals surface area (Å²) in [6, 6.07) is 2.81. The van der Waals surface area contributed by atoms with Gasteiger partial charge in [0.25, 0.3) is 0 Å². The lowest BCUT2D eigenvalue weighted by atomic mass is 9.99. The Hall–Kier alpha value is -3.14. The highest BCUT2D eigenvalue weighted by atomic mass is 16.6. The van der Waals surface area contributed by atoms with E-state index in [9.17, 15) is 24.3 Å². The summed E-state index contributed by atoms with van der Waals surface area (Å²) in [6.45, 7) is 7.68. The fraction of sp³-hybridized carbons (Fsp3) is 0.545. The van der Waals surface area contributed by atoms with Crippen LogP contribution in [0.1, 0.15) is 43.5 Å². The number of aryl methyl sites for hydroxylation is 2. The van der Waals surface area contributed by atoms with Gasteiger partial charge in [-0.25, -0.2) is 4.79 Å². The van der Waals surface area contributed by atoms with Crippen LogP contribution in [0.5, 0.6) is 0 Å². The van der Waals surface area contributed by atoms with Gasteiger partial charge < -0.3 is 30.1 Å². The summed E-state index contributed by atoms with van der Waals surface area (Å²) in [5, 5.41) is 14.5. The van der Waals surface area contributed by atoms with Crippen molar-refractivity contribution in [3.8, 4) is 0 Å². The van der Waals surface area contributed by atoms with Crippen LogP contribution in [0.25, 0.3) is 0 Å². The lowest BCUT2D eigenvalue weighted by molar-refractivity contribution is -0.144. The Morgan fingerprint density at radius 2 is 1.75 bits per heavy atom. The largest absolute Gasteiger partial charge is 0.468 e. The maximum Gasteiger partial charge on any atom is 0.408 e. The SMILES string of the molecule is COC(=O)CNC(=O)C(c1ccc(C)c(C)c1)N(C)C(=O)C(CO)NC(=O)OC(C)(C)C. The van der Waals surface area contributed by atoms with Gasteiger partial charge in [0.2, 0.25) is 11.8 Å². The number of aliphatic hydroxyl groups excluding tert-OH is 1. The molecule has 0 heterocycles. The molecule has 32 heavy (non-hydrogen) atoms. The van der Waals surface area contributed by atoms with E-state index in [0.717, 1.165) is 16.0 Å². The molecule has 0 aliphatic carbocycles. The number of carbonyl (C=O) groups is 4. The number of hydrogen-bond acceptors (Lipinski definition) is 7. The molecular weight excluding hydrogens is 418 g/mol. The number of nitrogens with zero attached hydrogens (tertiary/aromatic N) is 1. The Morgan fingerprint density at radius 3 is 2.25 bits per heavy atom. The third-order valence-electron chi connectivity index (χ3n) is 4.64. The molecule has 1 aromatic rings. The van der Waals surface area contributed by atoms with E-state index in [2.05, 4.69) is 15.4 Å². The average molecular weight is 452 g/mol. The molecule has 0 saturated carbocycles. The molecule has 0 aliphatic rings. The van der Waals surface area contributed by atoms with E-state index in [4.69, 9.17) is 4.74 Å². The fourth-order valence-electron chi connectivity index (χ4n) is 2.82. The molecule has 10 heteroatoms. The molecule has 2 unspecified atom stereocenters. The number of likely N-dealkylation sites (N-methyl/N-ethyl adjacent to an activating group) is 1. The highest BCUT2D eigenvalue weighted by molar-refractivity contribution is 5.93. The predicted molar refractivity (Wildman–Crippen MR) is 117 cm³/mol. The number of hydrogen-bond donors (Lipinski definition) is 3. The zero-order chi connectivity index (χ0) is 24.6. The molecule has 0 fully saturated rings. The number of aliphatic hydroxyl groups is 1. The molecule has 0 aliphatic heterocycles. The van der Waals surface area contributed by atoms with E-state index in [1.54, 1.807) is 32.9 Å². The van der Waals surface area contributed by atoms with Gasteiger partial charge in [0.1, 0.15) is 24.2 Å². The van der Waals surface area contributed by atoms with Crippen molar-refractivity contribution >= 4 is 23.9 Å². The fourth-order valence-corrected chi connectivity index (χ4v) is 2.82. The van der Waals surface area contributed by atoms with Crippen LogP contribution >= 0.6 is 0 Å². The van der Waals surface area contributed by atoms with Crippen molar-refractivity contribution in [2.75, 3.05) is 27.3 Å². The summed E-state index contributed by atoms with van der Waals surface area (Å²) in [7, 11) is 2.57. The molecular formula is C22H33N3O7. The molecule has 10 nitrogen and oxygen atoms in total. The number of rotatable bonds is 8. The Bertz CT molecular complexity index is 848. The first kappa shape index (κ1) is 26.9. The van der Waals surface area contributed by atoms with Gasteiger partial charge in [0, 0.05) is 7.05 Å². The first-order valence-electron chi connectivity index (χ1n) is 10.1. The van der Waals surface area contributed by atoms with E-state index in [1.807, 2.05) is 19.9 Å². The minimum atomic E-state index is -1.34. The Morgan fingerprint density at radius 1 is 1.12 bits per heavy atom. The summed E-state index contributed by atoms with van der Waals surface area (Å²) in [5.74, 6) is -1.98. The monoisotopic (exact) mass is 451 g/mol. The summed E-state index contributed by atoms with van der Waals surface area (Å²) >= 11 is 0. The van der Waals surface area contributed by atoms with Crippen molar-refractivity contribution in [1.29, 1.82) is 0 Å². The van der Waals surface area contributed by atoms with E-state index >= 15 is 0 Å². The lowest BCUT2D eigenvalue weighted by Gasteiger charge is -2.31. The van der Waals surface area contributed by atoms with Crippen LogP contribution in [0.15, 0.2) is 18.2 Å². The Kier molecular flexibility index (Phi) is 9.64. The molecule has 0 radical (unpaired) electrons. The van der Waals surface area contributed by atoms with Crippen molar-refractivity contribution in [3.63, 3.8) is 0 Å². The lowest BCUT2D eigenvalue weighted by Crippen LogP contribution is -2.53. The van der Waals surface area contributed by atoms with Crippen LogP contribution in [-0.2, 0) is 23.9 Å². The second-order valence-corrected chi connectivity index (χ2v) is 8.37. The first-order valence-corrected chi connectivity index (χ1v) is 10.1. The minimum absolute atomic E-state index is 0.377. The predicted octanol–water partition coefficient (Wildman–Crippen LogP) is 0.978. The number of nitrogens with one attached hydrogen (secondary N) is 2. The van der Waals surface area contributed by atoms with Crippen LogP contribution in [0.3, 0.4) is 0 Å². The normalized spacial score (nSPS) is 12.9. The van der Waals surface area contributed by atoms with E-state index in [-0.39, 0.29) is 6.54 Å². The molecule has 1 aromatic carbocycles. The molecule has 0 saturated heterocycles. The van der Waals surface area contributed by atoms with Gasteiger partial charge in [-0.05, 0) is 51.3 Å². The van der Waals surface area contributed by atoms with Crippen molar-refractivity contribution in [2.45, 2.75) is 52.3 Å². The number of benzene rings is 1. The number of amides is 3. The van der Waals surface area contributed by atoms with Crippen LogP contribution in [0.4, 0.5) is 4.79 Å². The molecule has 0 aromatic heterocycles. The van der Waals surface area contributed by atoms with Crippen LogP contribution in [0, 0.1) is 13.8 Å². The third-order valence-corrected chi connectivity index (χ3v) is 4.64. The van der Waals surface area contributed by atoms with E-state index in [0.29, 0.717) is 5.56 Å². The zero-order valence-electron chi connectivity index (χ0n) is 19.6. The van der Waals surface area contributed by atoms with Crippen LogP contribution in [0.2, 0.25) is 0 Å². The number of ether oxygens (including phenoxy) is 2. The summed E-state index contributed by atoms with van der Waals surface area (Å²) in [4.78, 5) is 50.6. The summed E-state index contributed by atoms with van der Waals surface area (Å²) < 4.78 is 9.68. The molecule has 0 bridgehead atoms. The van der Waals surface area contributed by atoms with Crippen molar-refractivity contribution in [2.24, 2.45) is 0 Å². The molecule has 3 N–H and O–H groups in total. The quantitative estimate of drug-likeness (QED) is 0.502. The van der Waals surface area contributed by atoms with E-state index in [1.165, 1.54) is 14.2 Å². The van der Waals surface area contributed by atoms with Gasteiger partial charge in [-0.2, -0.15) is 0 Å². The second-order valence-electron chi connectivity index (χ2n) is 8.37. The maximum absolute atomic E-state index is 13.1. The van der Waals surface area contributed by atoms with Gasteiger partial charge in [-0.15, -0.1) is 0 Å². The highest BCUT2D eigenvalue weighted by Crippen LogP contribution is 2.23. The molecule has 1 rings (SSSR count). The maximum atomic E-state index is 13.1. The molecule has 178 valence electrons. The summed E-state index contributed by atoms with van der Waals surface area (Å²) in [5.41, 5.74) is 1.60. The standard InChI is InChI=1S/C22H33N3O7/c1-13-8-9-15(10-14(13)2)18(19(28)23-11-17(27)31-7)25(6)20(29)16(12-26)24-21(30)32-22(3,4)5/h8-10,16,18,26H,11-12H2,1-7H3,(H,23,28)(H,24,30). The van der Waals surface area contributed by atoms with Crippen molar-refractivity contribution < 1.29 is 33.8 Å². The highest BCUT2D eigenvalue weighted by Gasteiger charge is 2.34. The van der Waals surface area contributed by atoms with Gasteiger partial charge in [0.15, 0.2) is 0 Å². The van der Waals surface area contributed by atoms with E-state index < -0.39 is 48.2 Å². The number of alkyl carbamates (subject to hydrolysis) is 1. The topological polar surface area (TPSA) is 134 Å². The third kappa shape index (κ3) is 7.84. The van der Waals surface area contributed by atoms with Gasteiger partial charge in [0.05, 0.1) is 13.7 Å². The number of esters is 1. The van der Waals surface area contributed by atoms with Crippen molar-refractivity contribution in [3.05, 3.63) is 34.9 Å². The number of methoxy groups -OCH3 is 1. The second kappa shape index (κ2) is 11.5.